The van der Waals surface area contributed by atoms with Crippen LogP contribution >= 0.6 is 0 Å². The van der Waals surface area contributed by atoms with Crippen molar-refractivity contribution in [3.8, 4) is 11.1 Å². The van der Waals surface area contributed by atoms with Crippen molar-refractivity contribution in [1.82, 2.24) is 20.3 Å². The molecule has 3 heterocycles. The fourth-order valence-electron chi connectivity index (χ4n) is 4.05. The first-order valence-electron chi connectivity index (χ1n) is 11.0. The van der Waals surface area contributed by atoms with Crippen LogP contribution in [0.4, 0.5) is 17.5 Å². The van der Waals surface area contributed by atoms with Crippen LogP contribution in [0.5, 0.6) is 0 Å². The molecule has 0 bridgehead atoms. The van der Waals surface area contributed by atoms with Crippen LogP contribution in [0, 0.1) is 0 Å². The molecule has 6 nitrogen and oxygen atoms in total. The van der Waals surface area contributed by atoms with Crippen LogP contribution in [0.3, 0.4) is 0 Å². The number of anilines is 3. The summed E-state index contributed by atoms with van der Waals surface area (Å²) >= 11 is 0. The van der Waals surface area contributed by atoms with Crippen molar-refractivity contribution < 1.29 is 0 Å². The topological polar surface area (TPSA) is 66.0 Å². The number of hydrogen-bond donors (Lipinski definition) is 2. The Morgan fingerprint density at radius 1 is 0.812 bits per heavy atom. The molecule has 0 amide bonds. The lowest BCUT2D eigenvalue weighted by Gasteiger charge is -2.20. The second-order valence-corrected chi connectivity index (χ2v) is 7.87. The van der Waals surface area contributed by atoms with E-state index >= 15 is 0 Å². The third-order valence-electron chi connectivity index (χ3n) is 5.76. The van der Waals surface area contributed by atoms with Crippen LogP contribution in [-0.4, -0.2) is 34.6 Å². The summed E-state index contributed by atoms with van der Waals surface area (Å²) in [4.78, 5) is 15.7. The van der Waals surface area contributed by atoms with Crippen molar-refractivity contribution in [3.05, 3.63) is 97.0 Å². The van der Waals surface area contributed by atoms with Gasteiger partial charge in [-0.15, -0.1) is 0 Å². The molecule has 0 saturated carbocycles. The van der Waals surface area contributed by atoms with E-state index < -0.39 is 0 Å². The zero-order valence-corrected chi connectivity index (χ0v) is 17.9. The summed E-state index contributed by atoms with van der Waals surface area (Å²) in [6.07, 6.45) is 6.46. The van der Waals surface area contributed by atoms with Gasteiger partial charge in [-0.05, 0) is 53.4 Å². The Labute approximate surface area is 188 Å². The Bertz CT molecular complexity index is 1130. The zero-order chi connectivity index (χ0) is 21.6. The third kappa shape index (κ3) is 4.76. The van der Waals surface area contributed by atoms with E-state index in [1.54, 1.807) is 0 Å². The number of aromatic nitrogens is 3. The summed E-state index contributed by atoms with van der Waals surface area (Å²) < 4.78 is 0. The van der Waals surface area contributed by atoms with Gasteiger partial charge in [0.1, 0.15) is 5.82 Å². The van der Waals surface area contributed by atoms with E-state index in [0.717, 1.165) is 54.6 Å². The van der Waals surface area contributed by atoms with Gasteiger partial charge in [0.05, 0.1) is 0 Å². The van der Waals surface area contributed by atoms with Crippen molar-refractivity contribution in [1.29, 1.82) is 0 Å². The number of nitrogens with one attached hydrogen (secondary N) is 2. The molecule has 0 spiro atoms. The molecule has 2 aromatic heterocycles. The van der Waals surface area contributed by atoms with Crippen LogP contribution in [0.25, 0.3) is 11.1 Å². The fourth-order valence-corrected chi connectivity index (χ4v) is 4.05. The van der Waals surface area contributed by atoms with E-state index in [9.17, 15) is 0 Å². The summed E-state index contributed by atoms with van der Waals surface area (Å²) in [7, 11) is 0. The van der Waals surface area contributed by atoms with Crippen molar-refractivity contribution in [3.63, 3.8) is 0 Å². The molecule has 160 valence electrons. The molecule has 1 fully saturated rings. The molecule has 5 rings (SSSR count). The Hall–Kier alpha value is -3.77. The number of benzene rings is 2. The average Bonchev–Trinajstić information content (AvgIpc) is 3.12. The maximum Gasteiger partial charge on any atom is 0.227 e. The largest absolute Gasteiger partial charge is 0.340 e. The Morgan fingerprint density at radius 2 is 1.59 bits per heavy atom. The minimum absolute atomic E-state index is 0.362. The normalized spacial score (nSPS) is 16.4. The van der Waals surface area contributed by atoms with Gasteiger partial charge in [0.25, 0.3) is 0 Å². The van der Waals surface area contributed by atoms with Crippen LogP contribution in [0.2, 0.25) is 0 Å². The van der Waals surface area contributed by atoms with Gasteiger partial charge in [0.15, 0.2) is 0 Å². The summed E-state index contributed by atoms with van der Waals surface area (Å²) in [6, 6.07) is 25.3. The van der Waals surface area contributed by atoms with Gasteiger partial charge in [-0.25, -0.2) is 4.98 Å². The van der Waals surface area contributed by atoms with Gasteiger partial charge in [-0.2, -0.15) is 4.98 Å². The van der Waals surface area contributed by atoms with E-state index in [1.165, 1.54) is 5.56 Å². The Morgan fingerprint density at radius 3 is 2.41 bits per heavy atom. The molecule has 1 saturated heterocycles. The average molecular weight is 423 g/mol. The lowest BCUT2D eigenvalue weighted by atomic mass is 10.0. The SMILES string of the molecule is c1ccc(C2CCN(c3nccc(Nc4ccc(-c5ccncc5)cc4)n3)CCN2)cc1. The van der Waals surface area contributed by atoms with Gasteiger partial charge in [-0.3, -0.25) is 4.98 Å². The summed E-state index contributed by atoms with van der Waals surface area (Å²) in [5, 5.41) is 7.06. The first-order valence-corrected chi connectivity index (χ1v) is 11.0. The first kappa shape index (κ1) is 20.2. The van der Waals surface area contributed by atoms with E-state index in [1.807, 2.05) is 36.8 Å². The van der Waals surface area contributed by atoms with Gasteiger partial charge in [0, 0.05) is 50.0 Å². The molecule has 1 aliphatic rings. The first-order chi connectivity index (χ1) is 15.8. The van der Waals surface area contributed by atoms with E-state index in [0.29, 0.717) is 6.04 Å². The maximum absolute atomic E-state index is 4.78. The number of rotatable bonds is 5. The highest BCUT2D eigenvalue weighted by Gasteiger charge is 2.19. The van der Waals surface area contributed by atoms with Crippen molar-refractivity contribution in [2.45, 2.75) is 12.5 Å². The van der Waals surface area contributed by atoms with Gasteiger partial charge >= 0.3 is 0 Å². The number of hydrogen-bond acceptors (Lipinski definition) is 6. The molecule has 1 unspecified atom stereocenters. The number of nitrogens with zero attached hydrogens (tertiary/aromatic N) is 4. The van der Waals surface area contributed by atoms with Gasteiger partial charge in [-0.1, -0.05) is 42.5 Å². The summed E-state index contributed by atoms with van der Waals surface area (Å²) in [5.41, 5.74) is 4.64. The zero-order valence-electron chi connectivity index (χ0n) is 17.9. The minimum Gasteiger partial charge on any atom is -0.340 e. The molecule has 0 radical (unpaired) electrons. The lowest BCUT2D eigenvalue weighted by Crippen LogP contribution is -2.29. The van der Waals surface area contributed by atoms with Crippen LogP contribution in [0.15, 0.2) is 91.4 Å². The van der Waals surface area contributed by atoms with Crippen LogP contribution < -0.4 is 15.5 Å². The summed E-state index contributed by atoms with van der Waals surface area (Å²) in [5.74, 6) is 1.56. The Balaban J connectivity index is 1.25. The number of pyridine rings is 1. The van der Waals surface area contributed by atoms with Crippen molar-refractivity contribution in [2.75, 3.05) is 29.9 Å². The molecule has 2 N–H and O–H groups in total. The molecule has 1 atom stereocenters. The van der Waals surface area contributed by atoms with Crippen LogP contribution in [0.1, 0.15) is 18.0 Å². The molecular formula is C26H26N6. The predicted molar refractivity (Wildman–Crippen MR) is 129 cm³/mol. The highest BCUT2D eigenvalue weighted by molar-refractivity contribution is 5.67. The molecule has 2 aromatic carbocycles. The van der Waals surface area contributed by atoms with Crippen molar-refractivity contribution in [2.24, 2.45) is 0 Å². The summed E-state index contributed by atoms with van der Waals surface area (Å²) in [6.45, 7) is 2.70. The minimum atomic E-state index is 0.362. The molecular weight excluding hydrogens is 396 g/mol. The maximum atomic E-state index is 4.78. The highest BCUT2D eigenvalue weighted by Crippen LogP contribution is 2.24. The second-order valence-electron chi connectivity index (χ2n) is 7.87. The van der Waals surface area contributed by atoms with E-state index in [2.05, 4.69) is 80.1 Å². The molecule has 6 heteroatoms. The standard InChI is InChI=1S/C26H26N6/c1-2-4-22(5-3-1)24-13-18-32(19-17-28-24)26-29-16-12-25(31-26)30-23-8-6-20(7-9-23)21-10-14-27-15-11-21/h1-12,14-16,24,28H,13,17-19H2,(H,29,30,31). The van der Waals surface area contributed by atoms with Gasteiger partial charge < -0.3 is 15.5 Å². The highest BCUT2D eigenvalue weighted by atomic mass is 15.3. The van der Waals surface area contributed by atoms with E-state index in [4.69, 9.17) is 4.98 Å². The third-order valence-corrected chi connectivity index (χ3v) is 5.76. The molecule has 0 aliphatic carbocycles. The quantitative estimate of drug-likeness (QED) is 0.481. The predicted octanol–water partition coefficient (Wildman–Crippen LogP) is 4.82. The fraction of sp³-hybridized carbons (Fsp3) is 0.192. The molecule has 32 heavy (non-hydrogen) atoms. The van der Waals surface area contributed by atoms with Gasteiger partial charge in [0.2, 0.25) is 5.95 Å². The smallest absolute Gasteiger partial charge is 0.227 e. The van der Waals surface area contributed by atoms with Crippen LogP contribution in [-0.2, 0) is 0 Å². The molecule has 4 aromatic rings. The monoisotopic (exact) mass is 422 g/mol. The molecule has 1 aliphatic heterocycles. The Kier molecular flexibility index (Phi) is 6.03. The van der Waals surface area contributed by atoms with Crippen molar-refractivity contribution >= 4 is 17.5 Å². The lowest BCUT2D eigenvalue weighted by molar-refractivity contribution is 0.550. The second kappa shape index (κ2) is 9.58. The van der Waals surface area contributed by atoms with E-state index in [-0.39, 0.29) is 0 Å².